The number of hydrogen-bond acceptors (Lipinski definition) is 3. The molecule has 1 saturated carbocycles. The fourth-order valence-corrected chi connectivity index (χ4v) is 3.19. The van der Waals surface area contributed by atoms with Crippen LogP contribution in [0.4, 0.5) is 0 Å². The Kier molecular flexibility index (Phi) is 2.94. The third-order valence-corrected chi connectivity index (χ3v) is 4.31. The molecule has 0 radical (unpaired) electrons. The molecule has 1 N–H and O–H groups in total. The van der Waals surface area contributed by atoms with Gasteiger partial charge < -0.3 is 5.32 Å². The molecular weight excluding hydrogens is 168 g/mol. The normalized spacial score (nSPS) is 32.2. The van der Waals surface area contributed by atoms with Gasteiger partial charge in [0.15, 0.2) is 0 Å². The Morgan fingerprint density at radius 3 is 2.67 bits per heavy atom. The standard InChI is InChI=1S/C9H18N2S/c1-10-8-5-6-11(7-8)12-9-3-2-4-9/h8-10H,2-7H2,1H3. The minimum absolute atomic E-state index is 0.748. The first-order valence-corrected chi connectivity index (χ1v) is 5.81. The van der Waals surface area contributed by atoms with E-state index in [-0.39, 0.29) is 0 Å². The molecule has 1 heterocycles. The number of likely N-dealkylation sites (N-methyl/N-ethyl adjacent to an activating group) is 1. The van der Waals surface area contributed by atoms with Crippen molar-refractivity contribution in [2.45, 2.75) is 37.0 Å². The summed E-state index contributed by atoms with van der Waals surface area (Å²) in [5.41, 5.74) is 0. The van der Waals surface area contributed by atoms with Gasteiger partial charge in [-0.15, -0.1) is 0 Å². The monoisotopic (exact) mass is 186 g/mol. The topological polar surface area (TPSA) is 15.3 Å². The van der Waals surface area contributed by atoms with Crippen molar-refractivity contribution in [3.05, 3.63) is 0 Å². The molecule has 0 amide bonds. The van der Waals surface area contributed by atoms with Crippen LogP contribution in [0.2, 0.25) is 0 Å². The third-order valence-electron chi connectivity index (χ3n) is 2.91. The molecule has 2 fully saturated rings. The molecule has 2 nitrogen and oxygen atoms in total. The van der Waals surface area contributed by atoms with Gasteiger partial charge in [0.25, 0.3) is 0 Å². The van der Waals surface area contributed by atoms with Crippen molar-refractivity contribution >= 4 is 11.9 Å². The van der Waals surface area contributed by atoms with Crippen molar-refractivity contribution in [3.63, 3.8) is 0 Å². The molecule has 0 spiro atoms. The second-order valence-electron chi connectivity index (χ2n) is 3.82. The van der Waals surface area contributed by atoms with Gasteiger partial charge in [-0.05, 0) is 26.3 Å². The predicted molar refractivity (Wildman–Crippen MR) is 54.3 cm³/mol. The fourth-order valence-electron chi connectivity index (χ4n) is 1.75. The summed E-state index contributed by atoms with van der Waals surface area (Å²) in [6.45, 7) is 2.53. The zero-order valence-corrected chi connectivity index (χ0v) is 8.57. The van der Waals surface area contributed by atoms with E-state index >= 15 is 0 Å². The highest BCUT2D eigenvalue weighted by Crippen LogP contribution is 2.34. The average Bonchev–Trinajstić information content (AvgIpc) is 2.44. The molecule has 0 bridgehead atoms. The zero-order chi connectivity index (χ0) is 8.39. The maximum absolute atomic E-state index is 3.35. The van der Waals surface area contributed by atoms with Crippen molar-refractivity contribution in [2.24, 2.45) is 0 Å². The minimum Gasteiger partial charge on any atom is -0.316 e. The SMILES string of the molecule is CNC1CCN(SC2CCC2)C1. The van der Waals surface area contributed by atoms with Gasteiger partial charge in [-0.3, -0.25) is 0 Å². The molecule has 1 aliphatic carbocycles. The molecule has 1 saturated heterocycles. The molecule has 1 unspecified atom stereocenters. The van der Waals surface area contributed by atoms with E-state index in [1.807, 2.05) is 0 Å². The first-order valence-electron chi connectivity index (χ1n) is 4.97. The van der Waals surface area contributed by atoms with Gasteiger partial charge in [0.2, 0.25) is 0 Å². The van der Waals surface area contributed by atoms with Crippen LogP contribution in [-0.2, 0) is 0 Å². The van der Waals surface area contributed by atoms with Crippen LogP contribution in [0.5, 0.6) is 0 Å². The Balaban J connectivity index is 1.68. The quantitative estimate of drug-likeness (QED) is 0.672. The van der Waals surface area contributed by atoms with Gasteiger partial charge in [0.1, 0.15) is 0 Å². The minimum atomic E-state index is 0.748. The molecule has 3 heteroatoms. The molecule has 1 atom stereocenters. The van der Waals surface area contributed by atoms with Crippen molar-refractivity contribution in [3.8, 4) is 0 Å². The van der Waals surface area contributed by atoms with Gasteiger partial charge in [-0.1, -0.05) is 18.4 Å². The van der Waals surface area contributed by atoms with Crippen molar-refractivity contribution in [2.75, 3.05) is 20.1 Å². The molecule has 0 aromatic rings. The number of hydrogen-bond donors (Lipinski definition) is 1. The van der Waals surface area contributed by atoms with Crippen molar-refractivity contribution < 1.29 is 0 Å². The molecule has 1 aliphatic heterocycles. The largest absolute Gasteiger partial charge is 0.316 e. The summed E-state index contributed by atoms with van der Waals surface area (Å²) in [6, 6.07) is 0.748. The summed E-state index contributed by atoms with van der Waals surface area (Å²) in [4.78, 5) is 0. The number of rotatable bonds is 3. The lowest BCUT2D eigenvalue weighted by molar-refractivity contribution is 0.488. The highest BCUT2D eigenvalue weighted by Gasteiger charge is 2.26. The highest BCUT2D eigenvalue weighted by atomic mass is 32.2. The summed E-state index contributed by atoms with van der Waals surface area (Å²) < 4.78 is 2.55. The Bertz CT molecular complexity index is 147. The van der Waals surface area contributed by atoms with Gasteiger partial charge in [-0.2, -0.15) is 0 Å². The molecule has 70 valence electrons. The summed E-state index contributed by atoms with van der Waals surface area (Å²) >= 11 is 2.11. The van der Waals surface area contributed by atoms with Crippen LogP contribution in [0.3, 0.4) is 0 Å². The Morgan fingerprint density at radius 2 is 2.17 bits per heavy atom. The van der Waals surface area contributed by atoms with E-state index in [1.54, 1.807) is 0 Å². The zero-order valence-electron chi connectivity index (χ0n) is 7.75. The highest BCUT2D eigenvalue weighted by molar-refractivity contribution is 7.97. The maximum Gasteiger partial charge on any atom is 0.0244 e. The molecule has 0 aromatic heterocycles. The van der Waals surface area contributed by atoms with Crippen LogP contribution in [0.1, 0.15) is 25.7 Å². The summed E-state index contributed by atoms with van der Waals surface area (Å²) in [6.07, 6.45) is 5.69. The van der Waals surface area contributed by atoms with E-state index in [0.29, 0.717) is 0 Å². The Labute approximate surface area is 79.2 Å². The molecular formula is C9H18N2S. The summed E-state index contributed by atoms with van der Waals surface area (Å²) in [7, 11) is 2.07. The van der Waals surface area contributed by atoms with Gasteiger partial charge >= 0.3 is 0 Å². The Hall–Kier alpha value is 0.270. The van der Waals surface area contributed by atoms with Crippen LogP contribution in [-0.4, -0.2) is 35.7 Å². The van der Waals surface area contributed by atoms with Crippen LogP contribution in [0.25, 0.3) is 0 Å². The number of nitrogens with one attached hydrogen (secondary N) is 1. The second-order valence-corrected chi connectivity index (χ2v) is 5.21. The van der Waals surface area contributed by atoms with E-state index in [1.165, 1.54) is 38.8 Å². The summed E-state index contributed by atoms with van der Waals surface area (Å²) in [5.74, 6) is 0. The van der Waals surface area contributed by atoms with E-state index in [0.717, 1.165) is 11.3 Å². The van der Waals surface area contributed by atoms with Crippen molar-refractivity contribution in [1.82, 2.24) is 9.62 Å². The van der Waals surface area contributed by atoms with Crippen LogP contribution in [0, 0.1) is 0 Å². The molecule has 2 rings (SSSR count). The molecule has 12 heavy (non-hydrogen) atoms. The third kappa shape index (κ3) is 1.95. The lowest BCUT2D eigenvalue weighted by atomic mass is 10.0. The van der Waals surface area contributed by atoms with Gasteiger partial charge in [-0.25, -0.2) is 4.31 Å². The van der Waals surface area contributed by atoms with E-state index in [9.17, 15) is 0 Å². The van der Waals surface area contributed by atoms with Crippen LogP contribution in [0.15, 0.2) is 0 Å². The lowest BCUT2D eigenvalue weighted by Gasteiger charge is -2.28. The first kappa shape index (κ1) is 8.85. The average molecular weight is 186 g/mol. The first-order chi connectivity index (χ1) is 5.88. The maximum atomic E-state index is 3.35. The Morgan fingerprint density at radius 1 is 1.33 bits per heavy atom. The second kappa shape index (κ2) is 3.99. The smallest absolute Gasteiger partial charge is 0.0244 e. The molecule has 0 aromatic carbocycles. The van der Waals surface area contributed by atoms with Crippen LogP contribution >= 0.6 is 11.9 Å². The van der Waals surface area contributed by atoms with E-state index in [2.05, 4.69) is 28.6 Å². The van der Waals surface area contributed by atoms with Gasteiger partial charge in [0, 0.05) is 24.4 Å². The lowest BCUT2D eigenvalue weighted by Crippen LogP contribution is -2.28. The fraction of sp³-hybridized carbons (Fsp3) is 1.00. The predicted octanol–water partition coefficient (Wildman–Crippen LogP) is 1.48. The number of nitrogens with zero attached hydrogens (tertiary/aromatic N) is 1. The van der Waals surface area contributed by atoms with Crippen molar-refractivity contribution in [1.29, 1.82) is 0 Å². The van der Waals surface area contributed by atoms with Crippen LogP contribution < -0.4 is 5.32 Å². The summed E-state index contributed by atoms with van der Waals surface area (Å²) in [5, 5.41) is 4.31. The van der Waals surface area contributed by atoms with Gasteiger partial charge in [0.05, 0.1) is 0 Å². The molecule has 2 aliphatic rings. The van der Waals surface area contributed by atoms with E-state index in [4.69, 9.17) is 0 Å². The van der Waals surface area contributed by atoms with E-state index < -0.39 is 0 Å².